The van der Waals surface area contributed by atoms with E-state index in [0.717, 1.165) is 15.8 Å². The Morgan fingerprint density at radius 3 is 2.74 bits per heavy atom. The van der Waals surface area contributed by atoms with E-state index in [9.17, 15) is 14.4 Å². The second-order valence-electron chi connectivity index (χ2n) is 5.28. The third kappa shape index (κ3) is 2.74. The molecule has 7 nitrogen and oxygen atoms in total. The standard InChI is InChI=1S/C16H15N3O4/c1-9-6-14(21)18-12-3-2-10(7-11(9)12)17-13-8-15(22)19(4-5-20)16(13)23/h2-3,6-8,17,20H,4-5H2,1H3,(H,18,21). The maximum absolute atomic E-state index is 12.1. The number of aryl methyl sites for hydroxylation is 1. The highest BCUT2D eigenvalue weighted by atomic mass is 16.3. The average Bonchev–Trinajstić information content (AvgIpc) is 2.76. The average molecular weight is 313 g/mol. The highest BCUT2D eigenvalue weighted by molar-refractivity contribution is 6.17. The van der Waals surface area contributed by atoms with Crippen LogP contribution in [0, 0.1) is 6.92 Å². The smallest absolute Gasteiger partial charge is 0.277 e. The number of hydrogen-bond donors (Lipinski definition) is 3. The molecule has 0 fully saturated rings. The molecular weight excluding hydrogens is 298 g/mol. The summed E-state index contributed by atoms with van der Waals surface area (Å²) in [4.78, 5) is 39.0. The highest BCUT2D eigenvalue weighted by Gasteiger charge is 2.30. The van der Waals surface area contributed by atoms with Gasteiger partial charge in [-0.05, 0) is 30.7 Å². The van der Waals surface area contributed by atoms with Gasteiger partial charge < -0.3 is 15.4 Å². The summed E-state index contributed by atoms with van der Waals surface area (Å²) in [5.41, 5.74) is 2.13. The minimum Gasteiger partial charge on any atom is -0.395 e. The Kier molecular flexibility index (Phi) is 3.71. The van der Waals surface area contributed by atoms with Crippen molar-refractivity contribution in [1.29, 1.82) is 0 Å². The van der Waals surface area contributed by atoms with Gasteiger partial charge in [-0.1, -0.05) is 0 Å². The summed E-state index contributed by atoms with van der Waals surface area (Å²) in [5.74, 6) is -0.921. The van der Waals surface area contributed by atoms with Crippen molar-refractivity contribution >= 4 is 28.4 Å². The number of rotatable bonds is 4. The second kappa shape index (κ2) is 5.69. The molecule has 3 rings (SSSR count). The summed E-state index contributed by atoms with van der Waals surface area (Å²) >= 11 is 0. The van der Waals surface area contributed by atoms with E-state index < -0.39 is 11.8 Å². The van der Waals surface area contributed by atoms with Crippen molar-refractivity contribution in [2.75, 3.05) is 18.5 Å². The van der Waals surface area contributed by atoms with Crippen molar-refractivity contribution in [3.8, 4) is 0 Å². The zero-order chi connectivity index (χ0) is 16.6. The van der Waals surface area contributed by atoms with E-state index in [-0.39, 0.29) is 24.4 Å². The SMILES string of the molecule is Cc1cc(=O)[nH]c2ccc(NC3=CC(=O)N(CCO)C3=O)cc12. The Hall–Kier alpha value is -2.93. The van der Waals surface area contributed by atoms with E-state index in [2.05, 4.69) is 10.3 Å². The van der Waals surface area contributed by atoms with Crippen LogP contribution in [0.15, 0.2) is 40.8 Å². The van der Waals surface area contributed by atoms with Gasteiger partial charge in [-0.15, -0.1) is 0 Å². The van der Waals surface area contributed by atoms with Crippen molar-refractivity contribution in [3.63, 3.8) is 0 Å². The predicted octanol–water partition coefficient (Wildman–Crippen LogP) is 0.493. The normalized spacial score (nSPS) is 14.5. The molecule has 2 aromatic rings. The lowest BCUT2D eigenvalue weighted by Gasteiger charge is -2.13. The van der Waals surface area contributed by atoms with Gasteiger partial charge in [-0.3, -0.25) is 19.3 Å². The third-order valence-corrected chi connectivity index (χ3v) is 3.66. The van der Waals surface area contributed by atoms with Crippen LogP contribution in [0.4, 0.5) is 5.69 Å². The molecule has 2 amide bonds. The third-order valence-electron chi connectivity index (χ3n) is 3.66. The van der Waals surface area contributed by atoms with Crippen molar-refractivity contribution < 1.29 is 14.7 Å². The molecule has 0 spiro atoms. The van der Waals surface area contributed by atoms with Crippen molar-refractivity contribution in [1.82, 2.24) is 9.88 Å². The minimum absolute atomic E-state index is 0.0303. The molecule has 0 saturated carbocycles. The summed E-state index contributed by atoms with van der Waals surface area (Å²) in [5, 5.41) is 12.7. The number of fused-ring (bicyclic) bond motifs is 1. The van der Waals surface area contributed by atoms with E-state index >= 15 is 0 Å². The predicted molar refractivity (Wildman–Crippen MR) is 84.8 cm³/mol. The first-order valence-corrected chi connectivity index (χ1v) is 7.08. The van der Waals surface area contributed by atoms with Crippen LogP contribution in [-0.4, -0.2) is 40.0 Å². The number of nitrogens with zero attached hydrogens (tertiary/aromatic N) is 1. The summed E-state index contributed by atoms with van der Waals surface area (Å²) in [7, 11) is 0. The molecule has 0 bridgehead atoms. The molecule has 1 aliphatic heterocycles. The molecule has 1 aliphatic rings. The molecule has 1 aromatic carbocycles. The lowest BCUT2D eigenvalue weighted by molar-refractivity contribution is -0.137. The van der Waals surface area contributed by atoms with Gasteiger partial charge in [0, 0.05) is 28.7 Å². The fraction of sp³-hybridized carbons (Fsp3) is 0.188. The first-order valence-electron chi connectivity index (χ1n) is 7.08. The monoisotopic (exact) mass is 313 g/mol. The van der Waals surface area contributed by atoms with Crippen LogP contribution in [0.1, 0.15) is 5.56 Å². The number of aliphatic hydroxyl groups excluding tert-OH is 1. The van der Waals surface area contributed by atoms with E-state index in [1.807, 2.05) is 6.92 Å². The minimum atomic E-state index is -0.470. The number of aromatic amines is 1. The number of imide groups is 1. The molecular formula is C16H15N3O4. The zero-order valence-corrected chi connectivity index (χ0v) is 12.4. The van der Waals surface area contributed by atoms with Crippen LogP contribution in [0.25, 0.3) is 10.9 Å². The van der Waals surface area contributed by atoms with Crippen LogP contribution in [-0.2, 0) is 9.59 Å². The molecule has 3 N–H and O–H groups in total. The second-order valence-corrected chi connectivity index (χ2v) is 5.28. The van der Waals surface area contributed by atoms with E-state index in [1.165, 1.54) is 12.1 Å². The Morgan fingerprint density at radius 1 is 1.22 bits per heavy atom. The zero-order valence-electron chi connectivity index (χ0n) is 12.4. The maximum Gasteiger partial charge on any atom is 0.277 e. The Balaban J connectivity index is 1.91. The molecule has 2 heterocycles. The molecule has 0 unspecified atom stereocenters. The number of H-pyrrole nitrogens is 1. The Labute approximate surface area is 131 Å². The van der Waals surface area contributed by atoms with Gasteiger partial charge in [-0.2, -0.15) is 0 Å². The van der Waals surface area contributed by atoms with Gasteiger partial charge in [0.25, 0.3) is 11.8 Å². The number of nitrogens with one attached hydrogen (secondary N) is 2. The number of aliphatic hydroxyl groups is 1. The van der Waals surface area contributed by atoms with Gasteiger partial charge in [0.2, 0.25) is 5.56 Å². The van der Waals surface area contributed by atoms with E-state index in [1.54, 1.807) is 18.2 Å². The molecule has 0 saturated heterocycles. The lowest BCUT2D eigenvalue weighted by Crippen LogP contribution is -2.34. The molecule has 23 heavy (non-hydrogen) atoms. The van der Waals surface area contributed by atoms with Gasteiger partial charge >= 0.3 is 0 Å². The number of anilines is 1. The van der Waals surface area contributed by atoms with Crippen LogP contribution in [0.5, 0.6) is 0 Å². The van der Waals surface area contributed by atoms with Gasteiger partial charge in [0.1, 0.15) is 5.70 Å². The van der Waals surface area contributed by atoms with E-state index in [4.69, 9.17) is 5.11 Å². The van der Waals surface area contributed by atoms with Gasteiger partial charge in [-0.25, -0.2) is 0 Å². The van der Waals surface area contributed by atoms with Crippen LogP contribution in [0.2, 0.25) is 0 Å². The quantitative estimate of drug-likeness (QED) is 0.713. The molecule has 1 aromatic heterocycles. The first-order chi connectivity index (χ1) is 11.0. The lowest BCUT2D eigenvalue weighted by atomic mass is 10.1. The van der Waals surface area contributed by atoms with Crippen LogP contribution >= 0.6 is 0 Å². The largest absolute Gasteiger partial charge is 0.395 e. The van der Waals surface area contributed by atoms with Crippen molar-refractivity contribution in [2.24, 2.45) is 0 Å². The molecule has 0 aliphatic carbocycles. The summed E-state index contributed by atoms with van der Waals surface area (Å²) in [6, 6.07) is 6.75. The van der Waals surface area contributed by atoms with Crippen LogP contribution in [0.3, 0.4) is 0 Å². The number of benzene rings is 1. The van der Waals surface area contributed by atoms with E-state index in [0.29, 0.717) is 11.2 Å². The maximum atomic E-state index is 12.1. The van der Waals surface area contributed by atoms with Crippen LogP contribution < -0.4 is 10.9 Å². The summed E-state index contributed by atoms with van der Waals surface area (Å²) < 4.78 is 0. The summed E-state index contributed by atoms with van der Waals surface area (Å²) in [6.07, 6.45) is 1.21. The molecule has 0 radical (unpaired) electrons. The van der Waals surface area contributed by atoms with Crippen molar-refractivity contribution in [2.45, 2.75) is 6.92 Å². The number of amides is 2. The Morgan fingerprint density at radius 2 is 2.00 bits per heavy atom. The fourth-order valence-electron chi connectivity index (χ4n) is 2.57. The number of β-amino-alcohol motifs (C(OH)–C–C–N with tert-alkyl or cyclic N) is 1. The number of carbonyl (C=O) groups is 2. The molecule has 7 heteroatoms. The Bertz CT molecular complexity index is 898. The summed E-state index contributed by atoms with van der Waals surface area (Å²) in [6.45, 7) is 1.52. The first kappa shape index (κ1) is 15.0. The molecule has 0 atom stereocenters. The van der Waals surface area contributed by atoms with Gasteiger partial charge in [0.05, 0.1) is 13.2 Å². The number of hydrogen-bond acceptors (Lipinski definition) is 5. The molecule has 118 valence electrons. The number of pyridine rings is 1. The van der Waals surface area contributed by atoms with Crippen molar-refractivity contribution in [3.05, 3.63) is 52.0 Å². The van der Waals surface area contributed by atoms with Gasteiger partial charge in [0.15, 0.2) is 0 Å². The fourth-order valence-corrected chi connectivity index (χ4v) is 2.57. The topological polar surface area (TPSA) is 102 Å². The number of carbonyl (C=O) groups excluding carboxylic acids is 2. The number of aromatic nitrogens is 1. The highest BCUT2D eigenvalue weighted by Crippen LogP contribution is 2.22.